The molecule has 0 aromatic heterocycles. The highest BCUT2D eigenvalue weighted by Crippen LogP contribution is 2.22. The van der Waals surface area contributed by atoms with Crippen molar-refractivity contribution in [3.63, 3.8) is 0 Å². The maximum atomic E-state index is 11.1. The van der Waals surface area contributed by atoms with E-state index in [1.807, 2.05) is 24.3 Å². The normalized spacial score (nSPS) is 12.0. The van der Waals surface area contributed by atoms with E-state index >= 15 is 0 Å². The van der Waals surface area contributed by atoms with Crippen LogP contribution in [0, 0.1) is 5.92 Å². The van der Waals surface area contributed by atoms with Crippen molar-refractivity contribution in [2.45, 2.75) is 38.5 Å². The Hall–Kier alpha value is -3.66. The van der Waals surface area contributed by atoms with Gasteiger partial charge in [0.25, 0.3) is 0 Å². The number of benzene rings is 3. The average Bonchev–Trinajstić information content (AvgIpc) is 2.82. The highest BCUT2D eigenvalue weighted by Gasteiger charge is 2.10. The summed E-state index contributed by atoms with van der Waals surface area (Å²) in [5, 5.41) is 18.1. The van der Waals surface area contributed by atoms with Gasteiger partial charge in [0.1, 0.15) is 0 Å². The fourth-order valence-corrected chi connectivity index (χ4v) is 3.95. The van der Waals surface area contributed by atoms with E-state index in [9.17, 15) is 9.59 Å². The van der Waals surface area contributed by atoms with Crippen molar-refractivity contribution in [1.82, 2.24) is 0 Å². The standard InChI is InChI=1S/C29H30O4/c30-28(31)13-7-4-10-23(20-24-15-18-26(19-16-24)29(32)33)14-17-25-11-5-6-12-27(25)21-22-8-2-1-3-9-22/h1-3,5-6,8-9,11-12,14-19,23H,4,7,10,13,20-21H2,(H,30,31)(H,32,33)/b17-14+. The number of unbranched alkanes of at least 4 members (excludes halogenated alkanes) is 1. The van der Waals surface area contributed by atoms with Crippen LogP contribution in [0.15, 0.2) is 84.9 Å². The summed E-state index contributed by atoms with van der Waals surface area (Å²) in [6.45, 7) is 0. The SMILES string of the molecule is O=C(O)CCCCC(/C=C/c1ccccc1Cc1ccccc1)Cc1ccc(C(=O)O)cc1. The molecule has 0 spiro atoms. The molecular formula is C29H30O4. The van der Waals surface area contributed by atoms with Crippen LogP contribution in [0.2, 0.25) is 0 Å². The molecular weight excluding hydrogens is 412 g/mol. The zero-order chi connectivity index (χ0) is 23.5. The van der Waals surface area contributed by atoms with Gasteiger partial charge in [-0.05, 0) is 66.0 Å². The summed E-state index contributed by atoms with van der Waals surface area (Å²) in [7, 11) is 0. The lowest BCUT2D eigenvalue weighted by molar-refractivity contribution is -0.137. The third kappa shape index (κ3) is 8.08. The molecule has 0 amide bonds. The molecule has 1 atom stereocenters. The van der Waals surface area contributed by atoms with Gasteiger partial charge in [0.05, 0.1) is 5.56 Å². The molecule has 170 valence electrons. The van der Waals surface area contributed by atoms with E-state index in [-0.39, 0.29) is 17.9 Å². The molecule has 3 aromatic rings. The van der Waals surface area contributed by atoms with E-state index < -0.39 is 11.9 Å². The first kappa shape index (κ1) is 24.0. The number of aromatic carboxylic acids is 1. The Labute approximate surface area is 195 Å². The van der Waals surface area contributed by atoms with E-state index in [0.717, 1.165) is 31.2 Å². The molecule has 0 saturated carbocycles. The highest BCUT2D eigenvalue weighted by molar-refractivity contribution is 5.87. The van der Waals surface area contributed by atoms with Crippen molar-refractivity contribution in [1.29, 1.82) is 0 Å². The Balaban J connectivity index is 1.74. The van der Waals surface area contributed by atoms with Gasteiger partial charge in [0.15, 0.2) is 0 Å². The smallest absolute Gasteiger partial charge is 0.335 e. The van der Waals surface area contributed by atoms with E-state index in [1.165, 1.54) is 16.7 Å². The number of carbonyl (C=O) groups is 2. The molecule has 3 rings (SSSR count). The van der Waals surface area contributed by atoms with Crippen LogP contribution < -0.4 is 0 Å². The fourth-order valence-electron chi connectivity index (χ4n) is 3.95. The van der Waals surface area contributed by atoms with Gasteiger partial charge in [-0.25, -0.2) is 4.79 Å². The molecule has 4 nitrogen and oxygen atoms in total. The van der Waals surface area contributed by atoms with Crippen molar-refractivity contribution in [3.05, 3.63) is 113 Å². The molecule has 33 heavy (non-hydrogen) atoms. The van der Waals surface area contributed by atoms with Crippen LogP contribution in [0.1, 0.15) is 58.3 Å². The summed E-state index contributed by atoms with van der Waals surface area (Å²) < 4.78 is 0. The molecule has 0 aliphatic carbocycles. The summed E-state index contributed by atoms with van der Waals surface area (Å²) in [5.74, 6) is -1.46. The first-order valence-electron chi connectivity index (χ1n) is 11.4. The molecule has 0 radical (unpaired) electrons. The number of allylic oxidation sites excluding steroid dienone is 1. The number of carboxylic acid groups (broad SMARTS) is 2. The van der Waals surface area contributed by atoms with E-state index in [0.29, 0.717) is 6.42 Å². The summed E-state index contributed by atoms with van der Waals surface area (Å²) in [6, 6.07) is 25.8. The van der Waals surface area contributed by atoms with Crippen molar-refractivity contribution in [2.75, 3.05) is 0 Å². The molecule has 2 N–H and O–H groups in total. The molecule has 0 saturated heterocycles. The fraction of sp³-hybridized carbons (Fsp3) is 0.241. The minimum atomic E-state index is -0.929. The zero-order valence-electron chi connectivity index (χ0n) is 18.7. The lowest BCUT2D eigenvalue weighted by Crippen LogP contribution is -2.04. The quantitative estimate of drug-likeness (QED) is 0.314. The highest BCUT2D eigenvalue weighted by atomic mass is 16.4. The number of hydrogen-bond acceptors (Lipinski definition) is 2. The molecule has 0 aliphatic rings. The van der Waals surface area contributed by atoms with Crippen molar-refractivity contribution >= 4 is 18.0 Å². The number of aliphatic carboxylic acids is 1. The second-order valence-electron chi connectivity index (χ2n) is 8.33. The average molecular weight is 443 g/mol. The van der Waals surface area contributed by atoms with E-state index in [4.69, 9.17) is 10.2 Å². The van der Waals surface area contributed by atoms with Gasteiger partial charge in [-0.3, -0.25) is 4.79 Å². The first-order chi connectivity index (χ1) is 16.0. The Morgan fingerprint density at radius 2 is 1.48 bits per heavy atom. The zero-order valence-corrected chi connectivity index (χ0v) is 18.7. The lowest BCUT2D eigenvalue weighted by atomic mass is 9.91. The van der Waals surface area contributed by atoms with Gasteiger partial charge >= 0.3 is 11.9 Å². The monoisotopic (exact) mass is 442 g/mol. The van der Waals surface area contributed by atoms with Gasteiger partial charge in [-0.2, -0.15) is 0 Å². The maximum absolute atomic E-state index is 11.1. The van der Waals surface area contributed by atoms with Crippen LogP contribution in [0.25, 0.3) is 6.08 Å². The van der Waals surface area contributed by atoms with Crippen molar-refractivity contribution in [3.8, 4) is 0 Å². The summed E-state index contributed by atoms with van der Waals surface area (Å²) in [4.78, 5) is 22.0. The molecule has 0 aliphatic heterocycles. The molecule has 0 bridgehead atoms. The molecule has 3 aromatic carbocycles. The second kappa shape index (κ2) is 12.4. The van der Waals surface area contributed by atoms with Crippen LogP contribution in [-0.2, 0) is 17.6 Å². The van der Waals surface area contributed by atoms with Crippen molar-refractivity contribution < 1.29 is 19.8 Å². The summed E-state index contributed by atoms with van der Waals surface area (Å²) >= 11 is 0. The lowest BCUT2D eigenvalue weighted by Gasteiger charge is -2.14. The number of rotatable bonds is 12. The third-order valence-electron chi connectivity index (χ3n) is 5.75. The van der Waals surface area contributed by atoms with Crippen LogP contribution in [0.4, 0.5) is 0 Å². The van der Waals surface area contributed by atoms with E-state index in [2.05, 4.69) is 54.6 Å². The summed E-state index contributed by atoms with van der Waals surface area (Å²) in [5.41, 5.74) is 5.06. The Kier molecular flexibility index (Phi) is 9.01. The second-order valence-corrected chi connectivity index (χ2v) is 8.33. The first-order valence-corrected chi connectivity index (χ1v) is 11.4. The molecule has 1 unspecified atom stereocenters. The van der Waals surface area contributed by atoms with Gasteiger partial charge < -0.3 is 10.2 Å². The largest absolute Gasteiger partial charge is 0.481 e. The number of carboxylic acids is 2. The van der Waals surface area contributed by atoms with Crippen LogP contribution in [0.3, 0.4) is 0 Å². The van der Waals surface area contributed by atoms with Gasteiger partial charge in [0, 0.05) is 6.42 Å². The third-order valence-corrected chi connectivity index (χ3v) is 5.75. The predicted octanol–water partition coefficient (Wildman–Crippen LogP) is 6.49. The van der Waals surface area contributed by atoms with Gasteiger partial charge in [-0.1, -0.05) is 85.3 Å². The predicted molar refractivity (Wildman–Crippen MR) is 131 cm³/mol. The Morgan fingerprint density at radius 3 is 2.18 bits per heavy atom. The molecule has 0 heterocycles. The summed E-state index contributed by atoms with van der Waals surface area (Å²) in [6.07, 6.45) is 8.59. The van der Waals surface area contributed by atoms with Crippen LogP contribution >= 0.6 is 0 Å². The van der Waals surface area contributed by atoms with Crippen molar-refractivity contribution in [2.24, 2.45) is 5.92 Å². The topological polar surface area (TPSA) is 74.6 Å². The van der Waals surface area contributed by atoms with Crippen LogP contribution in [0.5, 0.6) is 0 Å². The minimum absolute atomic E-state index is 0.184. The van der Waals surface area contributed by atoms with Gasteiger partial charge in [-0.15, -0.1) is 0 Å². The number of hydrogen-bond donors (Lipinski definition) is 2. The van der Waals surface area contributed by atoms with Gasteiger partial charge in [0.2, 0.25) is 0 Å². The minimum Gasteiger partial charge on any atom is -0.481 e. The Morgan fingerprint density at radius 1 is 0.788 bits per heavy atom. The molecule has 4 heteroatoms. The van der Waals surface area contributed by atoms with Crippen LogP contribution in [-0.4, -0.2) is 22.2 Å². The molecule has 0 fully saturated rings. The Bertz CT molecular complexity index is 1070. The van der Waals surface area contributed by atoms with E-state index in [1.54, 1.807) is 12.1 Å². The maximum Gasteiger partial charge on any atom is 0.335 e.